The summed E-state index contributed by atoms with van der Waals surface area (Å²) >= 11 is 6.57. The summed E-state index contributed by atoms with van der Waals surface area (Å²) in [4.78, 5) is 27.4. The number of carbonyl (C=O) groups excluding carboxylic acids is 2. The molecular weight excluding hydrogens is 484 g/mol. The van der Waals surface area contributed by atoms with E-state index in [1.165, 1.54) is 0 Å². The molecule has 192 valence electrons. The van der Waals surface area contributed by atoms with Crippen LogP contribution in [0.25, 0.3) is 11.6 Å². The summed E-state index contributed by atoms with van der Waals surface area (Å²) in [5.41, 5.74) is 7.88. The average molecular weight is 517 g/mol. The molecule has 37 heavy (non-hydrogen) atoms. The number of aldehydes is 1. The highest BCUT2D eigenvalue weighted by Gasteiger charge is 2.25. The Morgan fingerprint density at radius 3 is 2.32 bits per heavy atom. The Morgan fingerprint density at radius 2 is 1.73 bits per heavy atom. The highest BCUT2D eigenvalue weighted by atomic mass is 35.5. The lowest BCUT2D eigenvalue weighted by atomic mass is 9.87. The lowest BCUT2D eigenvalue weighted by molar-refractivity contribution is -0.110. The molecule has 0 fully saturated rings. The van der Waals surface area contributed by atoms with E-state index in [-0.39, 0.29) is 11.3 Å². The van der Waals surface area contributed by atoms with Gasteiger partial charge < -0.3 is 20.9 Å². The summed E-state index contributed by atoms with van der Waals surface area (Å²) in [6.07, 6.45) is 5.53. The first-order valence-electron chi connectivity index (χ1n) is 12.4. The summed E-state index contributed by atoms with van der Waals surface area (Å²) in [5, 5.41) is 10.5. The van der Waals surface area contributed by atoms with Crippen molar-refractivity contribution in [2.75, 3.05) is 16.0 Å². The van der Waals surface area contributed by atoms with Crippen molar-refractivity contribution in [3.63, 3.8) is 0 Å². The molecule has 4 N–H and O–H groups in total. The first-order valence-corrected chi connectivity index (χ1v) is 12.8. The number of H-pyrrole nitrogens is 1. The number of fused-ring (bicyclic) bond motifs is 1. The van der Waals surface area contributed by atoms with Crippen molar-refractivity contribution in [1.29, 1.82) is 0 Å². The van der Waals surface area contributed by atoms with Crippen LogP contribution in [-0.2, 0) is 10.2 Å². The van der Waals surface area contributed by atoms with Gasteiger partial charge in [-0.15, -0.1) is 0 Å². The number of allylic oxidation sites excluding steroid dienone is 1. The summed E-state index contributed by atoms with van der Waals surface area (Å²) in [7, 11) is 0. The zero-order valence-electron chi connectivity index (χ0n) is 22.1. The number of aryl methyl sites for hydroxylation is 1. The molecule has 0 aliphatic carbocycles. The van der Waals surface area contributed by atoms with Crippen LogP contribution >= 0.6 is 11.6 Å². The van der Waals surface area contributed by atoms with Crippen LogP contribution in [0.4, 0.5) is 17.1 Å². The smallest absolute Gasteiger partial charge is 0.256 e. The molecule has 2 aromatic carbocycles. The number of carbonyl (C=O) groups is 2. The maximum atomic E-state index is 12.8. The van der Waals surface area contributed by atoms with Crippen LogP contribution in [0.5, 0.6) is 0 Å². The second kappa shape index (κ2) is 10.3. The van der Waals surface area contributed by atoms with Gasteiger partial charge in [-0.3, -0.25) is 9.59 Å². The Morgan fingerprint density at radius 1 is 1.05 bits per heavy atom. The summed E-state index contributed by atoms with van der Waals surface area (Å²) in [6, 6.07) is 11.8. The zero-order chi connectivity index (χ0) is 26.9. The SMILES string of the molecule is CC/C=C(\Nc1ccc(C(C)(C)C)c(Cl)c1)Nc1ccc2c(c1)NC(=O)/C2=C\c1[nH]c(C)c(C=O)c1C. The number of rotatable bonds is 7. The Bertz CT molecular complexity index is 1440. The fourth-order valence-corrected chi connectivity index (χ4v) is 4.98. The Balaban J connectivity index is 1.57. The minimum atomic E-state index is -0.178. The molecule has 0 spiro atoms. The maximum absolute atomic E-state index is 12.8. The molecule has 0 atom stereocenters. The van der Waals surface area contributed by atoms with Gasteiger partial charge in [-0.1, -0.05) is 51.4 Å². The third kappa shape index (κ3) is 5.49. The largest absolute Gasteiger partial charge is 0.358 e. The van der Waals surface area contributed by atoms with Crippen molar-refractivity contribution in [3.8, 4) is 0 Å². The minimum Gasteiger partial charge on any atom is -0.358 e. The van der Waals surface area contributed by atoms with E-state index in [4.69, 9.17) is 11.6 Å². The Hall–Kier alpha value is -3.77. The molecule has 0 unspecified atom stereocenters. The summed E-state index contributed by atoms with van der Waals surface area (Å²) in [5.74, 6) is 0.642. The molecule has 0 bridgehead atoms. The minimum absolute atomic E-state index is 0.0344. The number of halogens is 1. The highest BCUT2D eigenvalue weighted by molar-refractivity contribution is 6.35. The van der Waals surface area contributed by atoms with Gasteiger partial charge in [0.2, 0.25) is 0 Å². The molecule has 1 aliphatic rings. The van der Waals surface area contributed by atoms with Gasteiger partial charge in [0.1, 0.15) is 5.82 Å². The normalized spacial score (nSPS) is 14.5. The zero-order valence-corrected chi connectivity index (χ0v) is 22.9. The molecule has 1 aliphatic heterocycles. The number of aromatic amines is 1. The van der Waals surface area contributed by atoms with Crippen molar-refractivity contribution in [2.24, 2.45) is 0 Å². The molecule has 2 heterocycles. The molecule has 0 saturated carbocycles. The van der Waals surface area contributed by atoms with Gasteiger partial charge in [0.15, 0.2) is 6.29 Å². The van der Waals surface area contributed by atoms with E-state index in [0.29, 0.717) is 11.1 Å². The third-order valence-corrected chi connectivity index (χ3v) is 6.80. The third-order valence-electron chi connectivity index (χ3n) is 6.49. The van der Waals surface area contributed by atoms with E-state index >= 15 is 0 Å². The molecule has 1 aromatic heterocycles. The van der Waals surface area contributed by atoms with Crippen LogP contribution in [0.15, 0.2) is 48.3 Å². The molecule has 6 nitrogen and oxygen atoms in total. The van der Waals surface area contributed by atoms with Gasteiger partial charge in [0, 0.05) is 38.9 Å². The van der Waals surface area contributed by atoms with E-state index < -0.39 is 0 Å². The highest BCUT2D eigenvalue weighted by Crippen LogP contribution is 2.36. The second-order valence-corrected chi connectivity index (χ2v) is 10.7. The van der Waals surface area contributed by atoms with Crippen LogP contribution < -0.4 is 16.0 Å². The molecule has 7 heteroatoms. The fourth-order valence-electron chi connectivity index (χ4n) is 4.52. The van der Waals surface area contributed by atoms with Gasteiger partial charge in [-0.25, -0.2) is 0 Å². The van der Waals surface area contributed by atoms with Gasteiger partial charge in [-0.2, -0.15) is 0 Å². The molecule has 0 saturated heterocycles. The Labute approximate surface area is 223 Å². The molecular formula is C30H33ClN4O2. The van der Waals surface area contributed by atoms with E-state index in [9.17, 15) is 9.59 Å². The van der Waals surface area contributed by atoms with Crippen molar-refractivity contribution in [2.45, 2.75) is 53.4 Å². The summed E-state index contributed by atoms with van der Waals surface area (Å²) < 4.78 is 0. The van der Waals surface area contributed by atoms with E-state index in [0.717, 1.165) is 68.7 Å². The quantitative estimate of drug-likeness (QED) is 0.192. The van der Waals surface area contributed by atoms with Crippen LogP contribution in [0.1, 0.15) is 72.6 Å². The molecule has 0 radical (unpaired) electrons. The van der Waals surface area contributed by atoms with Gasteiger partial charge in [0.25, 0.3) is 5.91 Å². The van der Waals surface area contributed by atoms with Crippen molar-refractivity contribution < 1.29 is 9.59 Å². The number of hydrogen-bond donors (Lipinski definition) is 4. The lowest BCUT2D eigenvalue weighted by Crippen LogP contribution is -2.13. The van der Waals surface area contributed by atoms with Crippen LogP contribution in [0.2, 0.25) is 5.02 Å². The van der Waals surface area contributed by atoms with Crippen molar-refractivity contribution in [3.05, 3.63) is 87.0 Å². The number of aromatic nitrogens is 1. The van der Waals surface area contributed by atoms with Gasteiger partial charge >= 0.3 is 0 Å². The molecule has 1 amide bonds. The average Bonchev–Trinajstić information content (AvgIpc) is 3.27. The van der Waals surface area contributed by atoms with Crippen LogP contribution in [-0.4, -0.2) is 17.2 Å². The number of anilines is 3. The van der Waals surface area contributed by atoms with E-state index in [1.54, 1.807) is 6.08 Å². The van der Waals surface area contributed by atoms with Crippen LogP contribution in [0.3, 0.4) is 0 Å². The molecule has 3 aromatic rings. The van der Waals surface area contributed by atoms with E-state index in [1.807, 2.05) is 44.2 Å². The molecule has 4 rings (SSSR count). The first kappa shape index (κ1) is 26.3. The van der Waals surface area contributed by atoms with Crippen molar-refractivity contribution in [1.82, 2.24) is 4.98 Å². The van der Waals surface area contributed by atoms with E-state index in [2.05, 4.69) is 60.8 Å². The standard InChI is InChI=1S/C30H33ClN4O2/c1-7-8-28(33-19-10-12-24(25(31)13-19)30(4,5)6)34-20-9-11-21-22(29(37)35-27(21)14-20)15-26-17(2)23(16-36)18(3)32-26/h8-16,32-34H,7H2,1-6H3,(H,35,37)/b22-15-,28-8+. The monoisotopic (exact) mass is 516 g/mol. The number of hydrogen-bond acceptors (Lipinski definition) is 4. The topological polar surface area (TPSA) is 86.0 Å². The predicted octanol–water partition coefficient (Wildman–Crippen LogP) is 7.66. The van der Waals surface area contributed by atoms with Gasteiger partial charge in [-0.05, 0) is 73.2 Å². The van der Waals surface area contributed by atoms with Crippen LogP contribution in [0, 0.1) is 13.8 Å². The van der Waals surface area contributed by atoms with Gasteiger partial charge in [0.05, 0.1) is 11.3 Å². The fraction of sp³-hybridized carbons (Fsp3) is 0.267. The van der Waals surface area contributed by atoms with Crippen molar-refractivity contribution >= 4 is 52.5 Å². The first-order chi connectivity index (χ1) is 17.5. The summed E-state index contributed by atoms with van der Waals surface area (Å²) in [6.45, 7) is 12.2. The number of amides is 1. The second-order valence-electron chi connectivity index (χ2n) is 10.3. The Kier molecular flexibility index (Phi) is 7.32. The number of nitrogens with one attached hydrogen (secondary N) is 4. The predicted molar refractivity (Wildman–Crippen MR) is 154 cm³/mol. The maximum Gasteiger partial charge on any atom is 0.256 e. The lowest BCUT2D eigenvalue weighted by Gasteiger charge is -2.22. The number of benzene rings is 2.